The van der Waals surface area contributed by atoms with Crippen LogP contribution in [0.25, 0.3) is 6.08 Å². The van der Waals surface area contributed by atoms with E-state index in [9.17, 15) is 30.0 Å². The number of methoxy groups -OCH3 is 1. The summed E-state index contributed by atoms with van der Waals surface area (Å²) >= 11 is 7.10. The maximum Gasteiger partial charge on any atom is 0.262 e. The highest BCUT2D eigenvalue weighted by molar-refractivity contribution is 6.33. The Morgan fingerprint density at radius 2 is 1.70 bits per heavy atom. The Kier molecular flexibility index (Phi) is 8.51. The van der Waals surface area contributed by atoms with Gasteiger partial charge in [-0.05, 0) is 67.9 Å². The number of allylic oxidation sites excluding steroid dienone is 1. The fourth-order valence-corrected chi connectivity index (χ4v) is 8.59. The lowest BCUT2D eigenvalue weighted by atomic mass is 9.47. The molecule has 12 heteroatoms. The third-order valence-electron chi connectivity index (χ3n) is 10.2. The van der Waals surface area contributed by atoms with Crippen LogP contribution in [0, 0.1) is 23.7 Å². The molecule has 0 radical (unpaired) electrons. The van der Waals surface area contributed by atoms with Gasteiger partial charge in [0, 0.05) is 24.7 Å². The number of ether oxygens (including phenoxy) is 3. The normalized spacial score (nSPS) is 41.5. The van der Waals surface area contributed by atoms with Crippen molar-refractivity contribution in [3.8, 4) is 5.75 Å². The maximum absolute atomic E-state index is 12.5. The zero-order valence-electron chi connectivity index (χ0n) is 24.2. The van der Waals surface area contributed by atoms with Gasteiger partial charge in [0.1, 0.15) is 35.9 Å². The predicted octanol–water partition coefficient (Wildman–Crippen LogP) is 2.43. The van der Waals surface area contributed by atoms with Crippen molar-refractivity contribution in [3.05, 3.63) is 34.4 Å². The third kappa shape index (κ3) is 4.88. The van der Waals surface area contributed by atoms with Crippen molar-refractivity contribution in [2.75, 3.05) is 13.7 Å². The molecule has 1 aromatic rings. The molecule has 4 saturated carbocycles. The summed E-state index contributed by atoms with van der Waals surface area (Å²) in [7, 11) is 1.54. The summed E-state index contributed by atoms with van der Waals surface area (Å²) in [6.45, 7) is 1.04. The molecule has 3 unspecified atom stereocenters. The fraction of sp³-hybridized carbons (Fsp3) is 0.677. The molecule has 236 valence electrons. The van der Waals surface area contributed by atoms with E-state index in [2.05, 4.69) is 0 Å². The SMILES string of the molecule is CCC(=O)CC(=O)/C=C/c1ccc(C2(OC)OOC23C2CC4CC(C2)CC3C4)c(Cl)c1O[C@@H]1OC(CO)[C@H](O)[C@H](O)C1O. The standard InChI is InChI=1S/C31H39ClO11/c1-3-20(34)13-21(35)6-4-17-5-7-22(24(32)28(17)41-29-27(38)26(37)25(36)23(14-33)40-29)31(39-2)30(42-43-31)18-9-15-8-16(11-18)12-19(30)10-15/h4-7,15-16,18-19,23,25-27,29,33,36-38H,3,8-14H2,1-2H3/b6-4+/t15?,16?,18?,19?,23?,25-,26-,27?,29-,30?,31?/m0/s1. The summed E-state index contributed by atoms with van der Waals surface area (Å²) in [6.07, 6.45) is 0.218. The van der Waals surface area contributed by atoms with E-state index in [1.807, 2.05) is 0 Å². The van der Waals surface area contributed by atoms with Crippen LogP contribution in [0.15, 0.2) is 18.2 Å². The fourth-order valence-electron chi connectivity index (χ4n) is 8.25. The molecule has 6 fully saturated rings. The largest absolute Gasteiger partial charge is 0.460 e. The minimum Gasteiger partial charge on any atom is -0.460 e. The quantitative estimate of drug-likeness (QED) is 0.172. The molecule has 4 aliphatic carbocycles. The first-order valence-electron chi connectivity index (χ1n) is 15.0. The summed E-state index contributed by atoms with van der Waals surface area (Å²) in [5.74, 6) is -0.276. The lowest BCUT2D eigenvalue weighted by Gasteiger charge is -2.68. The number of ketones is 2. The van der Waals surface area contributed by atoms with Crippen LogP contribution in [0.3, 0.4) is 0 Å². The molecule has 2 aliphatic heterocycles. The number of halogens is 1. The Balaban J connectivity index is 1.40. The Labute approximate surface area is 254 Å². The highest BCUT2D eigenvalue weighted by Gasteiger charge is 2.77. The Bertz CT molecular complexity index is 1250. The van der Waals surface area contributed by atoms with Crippen molar-refractivity contribution in [3.63, 3.8) is 0 Å². The molecule has 2 saturated heterocycles. The number of hydrogen-bond donors (Lipinski definition) is 4. The molecule has 4 bridgehead atoms. The Morgan fingerprint density at radius 3 is 2.26 bits per heavy atom. The van der Waals surface area contributed by atoms with Gasteiger partial charge in [-0.3, -0.25) is 9.59 Å². The van der Waals surface area contributed by atoms with Crippen LogP contribution in [-0.4, -0.2) is 82.0 Å². The van der Waals surface area contributed by atoms with Crippen LogP contribution in [0.2, 0.25) is 5.02 Å². The van der Waals surface area contributed by atoms with Gasteiger partial charge in [0.15, 0.2) is 11.4 Å². The zero-order valence-corrected chi connectivity index (χ0v) is 24.9. The molecule has 1 spiro atoms. The number of carbonyl (C=O) groups is 2. The second-order valence-corrected chi connectivity index (χ2v) is 13.0. The molecule has 1 aromatic carbocycles. The predicted molar refractivity (Wildman–Crippen MR) is 150 cm³/mol. The van der Waals surface area contributed by atoms with Gasteiger partial charge in [0.2, 0.25) is 6.29 Å². The van der Waals surface area contributed by atoms with Crippen molar-refractivity contribution in [2.45, 2.75) is 94.0 Å². The molecule has 0 aromatic heterocycles. The van der Waals surface area contributed by atoms with Crippen LogP contribution >= 0.6 is 11.6 Å². The van der Waals surface area contributed by atoms with E-state index in [-0.39, 0.29) is 41.2 Å². The van der Waals surface area contributed by atoms with E-state index < -0.39 is 54.5 Å². The van der Waals surface area contributed by atoms with Gasteiger partial charge in [-0.25, -0.2) is 4.89 Å². The minimum atomic E-state index is -1.70. The van der Waals surface area contributed by atoms with Crippen LogP contribution in [0.5, 0.6) is 5.75 Å². The number of aliphatic hydroxyl groups is 4. The number of carbonyl (C=O) groups excluding carboxylic acids is 2. The average molecular weight is 623 g/mol. The molecule has 0 amide bonds. The Morgan fingerprint density at radius 1 is 1.02 bits per heavy atom. The monoisotopic (exact) mass is 622 g/mol. The van der Waals surface area contributed by atoms with Gasteiger partial charge in [0.05, 0.1) is 18.1 Å². The first-order valence-corrected chi connectivity index (χ1v) is 15.4. The minimum absolute atomic E-state index is 0.0137. The van der Waals surface area contributed by atoms with Crippen LogP contribution < -0.4 is 4.74 Å². The van der Waals surface area contributed by atoms with Crippen molar-refractivity contribution >= 4 is 29.2 Å². The average Bonchev–Trinajstić information content (AvgIpc) is 2.97. The van der Waals surface area contributed by atoms with E-state index in [4.69, 9.17) is 35.6 Å². The number of aliphatic hydroxyl groups excluding tert-OH is 4. The molecule has 7 rings (SSSR count). The third-order valence-corrected chi connectivity index (χ3v) is 10.6. The smallest absolute Gasteiger partial charge is 0.262 e. The second-order valence-electron chi connectivity index (χ2n) is 12.6. The van der Waals surface area contributed by atoms with E-state index in [0.717, 1.165) is 25.7 Å². The Hall–Kier alpha value is -1.93. The molecule has 4 N–H and O–H groups in total. The second kappa shape index (κ2) is 11.8. The summed E-state index contributed by atoms with van der Waals surface area (Å²) in [6, 6.07) is 3.38. The first kappa shape index (κ1) is 31.1. The van der Waals surface area contributed by atoms with Gasteiger partial charge < -0.3 is 34.6 Å². The summed E-state index contributed by atoms with van der Waals surface area (Å²) in [5, 5.41) is 41.1. The van der Waals surface area contributed by atoms with Gasteiger partial charge in [0.25, 0.3) is 5.79 Å². The molecular formula is C31H39ClO11. The van der Waals surface area contributed by atoms with Gasteiger partial charge in [-0.15, -0.1) is 0 Å². The number of benzene rings is 1. The lowest BCUT2D eigenvalue weighted by Crippen LogP contribution is -2.76. The van der Waals surface area contributed by atoms with E-state index in [1.165, 1.54) is 18.6 Å². The van der Waals surface area contributed by atoms with Crippen LogP contribution in [-0.2, 0) is 34.6 Å². The summed E-state index contributed by atoms with van der Waals surface area (Å²) in [5.41, 5.74) is -0.0131. The molecule has 6 atom stereocenters. The van der Waals surface area contributed by atoms with Crippen LogP contribution in [0.1, 0.15) is 63.0 Å². The summed E-state index contributed by atoms with van der Waals surface area (Å²) < 4.78 is 17.9. The van der Waals surface area contributed by atoms with E-state index >= 15 is 0 Å². The molecular weight excluding hydrogens is 584 g/mol. The van der Waals surface area contributed by atoms with Gasteiger partial charge >= 0.3 is 0 Å². The molecule has 11 nitrogen and oxygen atoms in total. The summed E-state index contributed by atoms with van der Waals surface area (Å²) in [4.78, 5) is 36.2. The molecule has 6 aliphatic rings. The highest BCUT2D eigenvalue weighted by Crippen LogP contribution is 2.70. The van der Waals surface area contributed by atoms with Gasteiger partial charge in [-0.2, -0.15) is 4.89 Å². The van der Waals surface area contributed by atoms with Crippen molar-refractivity contribution in [1.29, 1.82) is 0 Å². The maximum atomic E-state index is 12.5. The number of Topliss-reactive ketones (excluding diaryl/α,β-unsaturated/α-hetero) is 1. The zero-order chi connectivity index (χ0) is 30.7. The number of rotatable bonds is 10. The van der Waals surface area contributed by atoms with Crippen molar-refractivity contribution in [1.82, 2.24) is 0 Å². The highest BCUT2D eigenvalue weighted by atomic mass is 35.5. The van der Waals surface area contributed by atoms with E-state index in [0.29, 0.717) is 23.0 Å². The van der Waals surface area contributed by atoms with Crippen LogP contribution in [0.4, 0.5) is 0 Å². The topological polar surface area (TPSA) is 161 Å². The number of hydrogen-bond acceptors (Lipinski definition) is 11. The van der Waals surface area contributed by atoms with E-state index in [1.54, 1.807) is 26.2 Å². The molecule has 43 heavy (non-hydrogen) atoms. The van der Waals surface area contributed by atoms with Crippen molar-refractivity contribution < 1.29 is 54.0 Å². The van der Waals surface area contributed by atoms with Crippen molar-refractivity contribution in [2.24, 2.45) is 23.7 Å². The first-order chi connectivity index (χ1) is 20.6. The molecule has 2 heterocycles. The lowest BCUT2D eigenvalue weighted by molar-refractivity contribution is -0.645. The van der Waals surface area contributed by atoms with Gasteiger partial charge in [-0.1, -0.05) is 30.7 Å².